The zero-order valence-electron chi connectivity index (χ0n) is 12.7. The van der Waals surface area contributed by atoms with E-state index in [2.05, 4.69) is 20.5 Å². The summed E-state index contributed by atoms with van der Waals surface area (Å²) in [6.07, 6.45) is 3.29. The number of rotatable bonds is 6. The summed E-state index contributed by atoms with van der Waals surface area (Å²) in [5, 5.41) is 22.2. The Hall–Kier alpha value is -3.40. The minimum absolute atomic E-state index is 0.0240. The molecule has 1 N–H and O–H groups in total. The smallest absolute Gasteiger partial charge is 0.310 e. The lowest BCUT2D eigenvalue weighted by atomic mass is 10.3. The molecule has 9 nitrogen and oxygen atoms in total. The molecule has 3 rings (SSSR count). The monoisotopic (exact) mass is 357 g/mol. The van der Waals surface area contributed by atoms with Crippen LogP contribution in [0, 0.1) is 10.1 Å². The average Bonchev–Trinajstić information content (AvgIpc) is 3.09. The third kappa shape index (κ3) is 4.12. The first-order valence-electron chi connectivity index (χ1n) is 7.03. The third-order valence-corrected chi connectivity index (χ3v) is 3.89. The fourth-order valence-electron chi connectivity index (χ4n) is 1.91. The molecule has 3 aromatic rings. The maximum absolute atomic E-state index is 11.9. The second kappa shape index (κ2) is 7.45. The van der Waals surface area contributed by atoms with E-state index in [9.17, 15) is 14.9 Å². The number of pyridine rings is 1. The summed E-state index contributed by atoms with van der Waals surface area (Å²) >= 11 is 1.19. The van der Waals surface area contributed by atoms with Gasteiger partial charge in [-0.15, -0.1) is 10.2 Å². The zero-order chi connectivity index (χ0) is 17.6. The highest BCUT2D eigenvalue weighted by atomic mass is 32.1. The molecule has 25 heavy (non-hydrogen) atoms. The van der Waals surface area contributed by atoms with Crippen LogP contribution in [-0.2, 0) is 4.79 Å². The van der Waals surface area contributed by atoms with Gasteiger partial charge < -0.3 is 4.74 Å². The predicted molar refractivity (Wildman–Crippen MR) is 90.4 cm³/mol. The van der Waals surface area contributed by atoms with Crippen molar-refractivity contribution in [1.82, 2.24) is 15.2 Å². The maximum atomic E-state index is 11.9. The molecule has 0 saturated carbocycles. The van der Waals surface area contributed by atoms with E-state index in [0.29, 0.717) is 10.1 Å². The number of para-hydroxylation sites is 2. The summed E-state index contributed by atoms with van der Waals surface area (Å²) in [5.41, 5.74) is 0.585. The number of hydrogen-bond donors (Lipinski definition) is 1. The van der Waals surface area contributed by atoms with Crippen LogP contribution in [0.1, 0.15) is 0 Å². The molecule has 0 bridgehead atoms. The number of aromatic nitrogens is 3. The van der Waals surface area contributed by atoms with Crippen molar-refractivity contribution in [2.75, 3.05) is 11.9 Å². The van der Waals surface area contributed by atoms with E-state index < -0.39 is 10.8 Å². The molecule has 0 fully saturated rings. The van der Waals surface area contributed by atoms with Gasteiger partial charge in [0.1, 0.15) is 0 Å². The number of amides is 1. The molecule has 0 aliphatic rings. The van der Waals surface area contributed by atoms with Gasteiger partial charge in [0, 0.05) is 24.0 Å². The molecule has 0 spiro atoms. The van der Waals surface area contributed by atoms with Gasteiger partial charge in [0.05, 0.1) is 4.92 Å². The Kier molecular flexibility index (Phi) is 4.90. The number of carbonyl (C=O) groups is 1. The van der Waals surface area contributed by atoms with Crippen LogP contribution in [0.4, 0.5) is 10.8 Å². The first-order chi connectivity index (χ1) is 12.1. The van der Waals surface area contributed by atoms with Crippen LogP contribution in [0.3, 0.4) is 0 Å². The topological polar surface area (TPSA) is 120 Å². The summed E-state index contributed by atoms with van der Waals surface area (Å²) in [4.78, 5) is 26.3. The van der Waals surface area contributed by atoms with E-state index in [4.69, 9.17) is 4.74 Å². The van der Waals surface area contributed by atoms with Gasteiger partial charge in [0.15, 0.2) is 17.4 Å². The molecule has 10 heteroatoms. The molecule has 1 amide bonds. The first-order valence-corrected chi connectivity index (χ1v) is 7.85. The van der Waals surface area contributed by atoms with Crippen LogP contribution < -0.4 is 10.1 Å². The van der Waals surface area contributed by atoms with Crippen LogP contribution in [0.25, 0.3) is 10.6 Å². The first kappa shape index (κ1) is 16.5. The highest BCUT2D eigenvalue weighted by Gasteiger charge is 2.16. The van der Waals surface area contributed by atoms with Gasteiger partial charge in [-0.3, -0.25) is 25.2 Å². The number of ether oxygens (including phenoxy) is 1. The fourth-order valence-corrected chi connectivity index (χ4v) is 2.66. The van der Waals surface area contributed by atoms with Crippen molar-refractivity contribution in [2.24, 2.45) is 0 Å². The molecule has 0 saturated heterocycles. The van der Waals surface area contributed by atoms with Crippen LogP contribution in [0.15, 0.2) is 48.8 Å². The Morgan fingerprint density at radius 3 is 2.84 bits per heavy atom. The second-order valence-corrected chi connectivity index (χ2v) is 5.69. The van der Waals surface area contributed by atoms with Gasteiger partial charge in [-0.05, 0) is 18.2 Å². The quantitative estimate of drug-likeness (QED) is 0.531. The molecule has 2 aromatic heterocycles. The van der Waals surface area contributed by atoms with Gasteiger partial charge >= 0.3 is 5.69 Å². The standard InChI is InChI=1S/C15H11N5O4S/c21-13(9-24-12-6-2-1-5-11(12)20(22)23)17-15-19-18-14(25-15)10-4-3-7-16-8-10/h1-8H,9H2,(H,17,19,21). The molecule has 126 valence electrons. The molecule has 0 aliphatic heterocycles. The Morgan fingerprint density at radius 1 is 1.24 bits per heavy atom. The van der Waals surface area contributed by atoms with Crippen LogP contribution >= 0.6 is 11.3 Å². The molecule has 0 unspecified atom stereocenters. The van der Waals surface area contributed by atoms with Crippen molar-refractivity contribution < 1.29 is 14.5 Å². The molecular formula is C15H11N5O4S. The van der Waals surface area contributed by atoms with Gasteiger partial charge in [-0.25, -0.2) is 0 Å². The minimum atomic E-state index is -0.571. The van der Waals surface area contributed by atoms with E-state index in [0.717, 1.165) is 5.56 Å². The number of carbonyl (C=O) groups excluding carboxylic acids is 1. The summed E-state index contributed by atoms with van der Waals surface area (Å²) in [7, 11) is 0. The Morgan fingerprint density at radius 2 is 2.08 bits per heavy atom. The van der Waals surface area contributed by atoms with Gasteiger partial charge in [0.2, 0.25) is 5.13 Å². The van der Waals surface area contributed by atoms with Crippen molar-refractivity contribution in [2.45, 2.75) is 0 Å². The molecule has 2 heterocycles. The van der Waals surface area contributed by atoms with Gasteiger partial charge in [0.25, 0.3) is 5.91 Å². The Bertz CT molecular complexity index is 900. The van der Waals surface area contributed by atoms with E-state index in [1.807, 2.05) is 6.07 Å². The number of hydrogen-bond acceptors (Lipinski definition) is 8. The average molecular weight is 357 g/mol. The third-order valence-electron chi connectivity index (χ3n) is 3.00. The molecule has 0 aliphatic carbocycles. The zero-order valence-corrected chi connectivity index (χ0v) is 13.5. The van der Waals surface area contributed by atoms with Crippen molar-refractivity contribution in [3.8, 4) is 16.3 Å². The number of anilines is 1. The van der Waals surface area contributed by atoms with Gasteiger partial charge in [-0.2, -0.15) is 0 Å². The Labute approximate surface area is 145 Å². The van der Waals surface area contributed by atoms with Crippen molar-refractivity contribution in [3.05, 3.63) is 58.9 Å². The van der Waals surface area contributed by atoms with Gasteiger partial charge in [-0.1, -0.05) is 23.5 Å². The maximum Gasteiger partial charge on any atom is 0.310 e. The van der Waals surface area contributed by atoms with Crippen LogP contribution in [0.2, 0.25) is 0 Å². The normalized spacial score (nSPS) is 10.2. The van der Waals surface area contributed by atoms with E-state index in [-0.39, 0.29) is 18.0 Å². The van der Waals surface area contributed by atoms with Crippen molar-refractivity contribution >= 4 is 28.1 Å². The fraction of sp³-hybridized carbons (Fsp3) is 0.0667. The summed E-state index contributed by atoms with van der Waals surface area (Å²) in [6, 6.07) is 9.44. The van der Waals surface area contributed by atoms with E-state index in [1.165, 1.54) is 29.5 Å². The number of nitro benzene ring substituents is 1. The predicted octanol–water partition coefficient (Wildman–Crippen LogP) is 2.53. The molecule has 0 radical (unpaired) electrons. The summed E-state index contributed by atoms with van der Waals surface area (Å²) in [5.74, 6) is -0.469. The number of nitro groups is 1. The van der Waals surface area contributed by atoms with E-state index in [1.54, 1.807) is 24.5 Å². The minimum Gasteiger partial charge on any atom is -0.477 e. The lowest BCUT2D eigenvalue weighted by molar-refractivity contribution is -0.385. The lowest BCUT2D eigenvalue weighted by Crippen LogP contribution is -2.20. The van der Waals surface area contributed by atoms with Crippen LogP contribution in [-0.4, -0.2) is 32.6 Å². The molecule has 1 aromatic carbocycles. The van der Waals surface area contributed by atoms with Crippen molar-refractivity contribution in [3.63, 3.8) is 0 Å². The Balaban J connectivity index is 1.61. The largest absolute Gasteiger partial charge is 0.477 e. The number of benzene rings is 1. The lowest BCUT2D eigenvalue weighted by Gasteiger charge is -2.05. The number of nitrogens with zero attached hydrogens (tertiary/aromatic N) is 4. The highest BCUT2D eigenvalue weighted by Crippen LogP contribution is 2.27. The summed E-state index contributed by atoms with van der Waals surface area (Å²) < 4.78 is 5.22. The molecular weight excluding hydrogens is 346 g/mol. The van der Waals surface area contributed by atoms with Crippen molar-refractivity contribution in [1.29, 1.82) is 0 Å². The SMILES string of the molecule is O=C(COc1ccccc1[N+](=O)[O-])Nc1nnc(-c2cccnc2)s1. The summed E-state index contributed by atoms with van der Waals surface area (Å²) in [6.45, 7) is -0.382. The highest BCUT2D eigenvalue weighted by molar-refractivity contribution is 7.18. The van der Waals surface area contributed by atoms with E-state index >= 15 is 0 Å². The molecule has 0 atom stereocenters. The second-order valence-electron chi connectivity index (χ2n) is 4.72. The number of nitrogens with one attached hydrogen (secondary N) is 1. The van der Waals surface area contributed by atoms with Crippen LogP contribution in [0.5, 0.6) is 5.75 Å².